The predicted octanol–water partition coefficient (Wildman–Crippen LogP) is 2.65. The minimum atomic E-state index is -0.370. The van der Waals surface area contributed by atoms with Crippen LogP contribution in [0.3, 0.4) is 0 Å². The van der Waals surface area contributed by atoms with Gasteiger partial charge in [-0.3, -0.25) is 9.59 Å². The number of carbonyl (C=O) groups excluding carboxylic acids is 2. The molecule has 1 heterocycles. The van der Waals surface area contributed by atoms with Crippen molar-refractivity contribution in [2.75, 3.05) is 10.6 Å². The van der Waals surface area contributed by atoms with E-state index in [2.05, 4.69) is 0 Å². The molecule has 1 aliphatic heterocycles. The van der Waals surface area contributed by atoms with E-state index in [1.807, 2.05) is 6.07 Å². The first-order chi connectivity index (χ1) is 9.58. The molecule has 0 bridgehead atoms. The van der Waals surface area contributed by atoms with Crippen LogP contribution < -0.4 is 10.6 Å². The van der Waals surface area contributed by atoms with E-state index < -0.39 is 0 Å². The van der Waals surface area contributed by atoms with Gasteiger partial charge in [0.2, 0.25) is 5.91 Å². The van der Waals surface area contributed by atoms with Crippen molar-refractivity contribution in [3.8, 4) is 0 Å². The summed E-state index contributed by atoms with van der Waals surface area (Å²) in [6.45, 7) is 0. The Morgan fingerprint density at radius 1 is 1.10 bits per heavy atom. The van der Waals surface area contributed by atoms with Crippen molar-refractivity contribution < 1.29 is 9.59 Å². The average molecular weight is 287 g/mol. The first kappa shape index (κ1) is 12.7. The topological polar surface area (TPSA) is 63.4 Å². The molecule has 2 aromatic carbocycles. The van der Waals surface area contributed by atoms with Crippen LogP contribution >= 0.6 is 11.6 Å². The molecule has 2 amide bonds. The van der Waals surface area contributed by atoms with E-state index in [-0.39, 0.29) is 18.2 Å². The zero-order chi connectivity index (χ0) is 14.3. The molecule has 5 heteroatoms. The van der Waals surface area contributed by atoms with Crippen LogP contribution in [0.25, 0.3) is 0 Å². The third kappa shape index (κ3) is 1.94. The molecule has 2 aromatic rings. The SMILES string of the molecule is Nc1ccc(Cl)cc1N1C(=O)Cc2ccccc2C1=O. The Bertz CT molecular complexity index is 728. The van der Waals surface area contributed by atoms with E-state index in [1.165, 1.54) is 6.07 Å². The van der Waals surface area contributed by atoms with Crippen LogP contribution in [-0.2, 0) is 11.2 Å². The summed E-state index contributed by atoms with van der Waals surface area (Å²) in [7, 11) is 0. The molecule has 0 fully saturated rings. The summed E-state index contributed by atoms with van der Waals surface area (Å²) in [5, 5.41) is 0.425. The molecule has 0 unspecified atom stereocenters. The monoisotopic (exact) mass is 286 g/mol. The van der Waals surface area contributed by atoms with Crippen molar-refractivity contribution in [2.24, 2.45) is 0 Å². The number of amides is 2. The second kappa shape index (κ2) is 4.65. The lowest BCUT2D eigenvalue weighted by Crippen LogP contribution is -2.42. The van der Waals surface area contributed by atoms with E-state index in [0.717, 1.165) is 10.5 Å². The van der Waals surface area contributed by atoms with E-state index in [4.69, 9.17) is 17.3 Å². The minimum absolute atomic E-state index is 0.174. The molecule has 0 saturated heterocycles. The van der Waals surface area contributed by atoms with Crippen molar-refractivity contribution in [2.45, 2.75) is 6.42 Å². The highest BCUT2D eigenvalue weighted by Crippen LogP contribution is 2.31. The maximum atomic E-state index is 12.5. The Morgan fingerprint density at radius 2 is 1.85 bits per heavy atom. The molecule has 0 spiro atoms. The van der Waals surface area contributed by atoms with Crippen LogP contribution in [0.15, 0.2) is 42.5 Å². The summed E-state index contributed by atoms with van der Waals surface area (Å²) in [4.78, 5) is 25.8. The molecule has 1 aliphatic rings. The summed E-state index contributed by atoms with van der Waals surface area (Å²) in [5.41, 5.74) is 7.79. The van der Waals surface area contributed by atoms with Gasteiger partial charge in [-0.2, -0.15) is 0 Å². The second-order valence-corrected chi connectivity index (χ2v) is 5.01. The number of anilines is 2. The molecule has 3 rings (SSSR count). The van der Waals surface area contributed by atoms with Gasteiger partial charge >= 0.3 is 0 Å². The van der Waals surface area contributed by atoms with Gasteiger partial charge in [-0.1, -0.05) is 29.8 Å². The molecule has 100 valence electrons. The van der Waals surface area contributed by atoms with Crippen molar-refractivity contribution in [3.05, 3.63) is 58.6 Å². The standard InChI is InChI=1S/C15H11ClN2O2/c16-10-5-6-12(17)13(8-10)18-14(19)7-9-3-1-2-4-11(9)15(18)20/h1-6,8H,7,17H2. The zero-order valence-corrected chi connectivity index (χ0v) is 11.2. The Kier molecular flexibility index (Phi) is 2.95. The summed E-state index contributed by atoms with van der Waals surface area (Å²) in [5.74, 6) is -0.673. The van der Waals surface area contributed by atoms with Gasteiger partial charge in [0.05, 0.1) is 17.8 Å². The van der Waals surface area contributed by atoms with Crippen molar-refractivity contribution in [1.29, 1.82) is 0 Å². The fourth-order valence-corrected chi connectivity index (χ4v) is 2.48. The smallest absolute Gasteiger partial charge is 0.265 e. The number of hydrogen-bond donors (Lipinski definition) is 1. The summed E-state index contributed by atoms with van der Waals surface area (Å²) in [6, 6.07) is 11.8. The maximum absolute atomic E-state index is 12.5. The lowest BCUT2D eigenvalue weighted by Gasteiger charge is -2.27. The van der Waals surface area contributed by atoms with Crippen molar-refractivity contribution in [3.63, 3.8) is 0 Å². The molecule has 0 aromatic heterocycles. The van der Waals surface area contributed by atoms with Crippen LogP contribution in [-0.4, -0.2) is 11.8 Å². The Morgan fingerprint density at radius 3 is 2.65 bits per heavy atom. The normalized spacial score (nSPS) is 14.3. The highest BCUT2D eigenvalue weighted by atomic mass is 35.5. The lowest BCUT2D eigenvalue weighted by molar-refractivity contribution is -0.117. The number of rotatable bonds is 1. The van der Waals surface area contributed by atoms with E-state index in [1.54, 1.807) is 30.3 Å². The zero-order valence-electron chi connectivity index (χ0n) is 10.5. The quantitative estimate of drug-likeness (QED) is 0.647. The highest BCUT2D eigenvalue weighted by Gasteiger charge is 2.32. The predicted molar refractivity (Wildman–Crippen MR) is 77.8 cm³/mol. The van der Waals surface area contributed by atoms with Crippen molar-refractivity contribution in [1.82, 2.24) is 0 Å². The fourth-order valence-electron chi connectivity index (χ4n) is 2.31. The third-order valence-corrected chi connectivity index (χ3v) is 3.51. The Labute approximate surface area is 120 Å². The fraction of sp³-hybridized carbons (Fsp3) is 0.0667. The Hall–Kier alpha value is -2.33. The molecule has 0 saturated carbocycles. The lowest BCUT2D eigenvalue weighted by atomic mass is 9.98. The number of carbonyl (C=O) groups is 2. The van der Waals surface area contributed by atoms with Gasteiger partial charge in [0, 0.05) is 10.6 Å². The van der Waals surface area contributed by atoms with E-state index in [0.29, 0.717) is 22.0 Å². The number of nitrogens with zero attached hydrogens (tertiary/aromatic N) is 1. The number of halogens is 1. The summed E-state index contributed by atoms with van der Waals surface area (Å²) < 4.78 is 0. The minimum Gasteiger partial charge on any atom is -0.397 e. The van der Waals surface area contributed by atoms with Gasteiger partial charge < -0.3 is 5.73 Å². The molecular formula is C15H11ClN2O2. The second-order valence-electron chi connectivity index (χ2n) is 4.57. The first-order valence-corrected chi connectivity index (χ1v) is 6.46. The average Bonchev–Trinajstić information content (AvgIpc) is 2.42. The van der Waals surface area contributed by atoms with Crippen molar-refractivity contribution >= 4 is 34.8 Å². The van der Waals surface area contributed by atoms with Crippen LogP contribution in [0.5, 0.6) is 0 Å². The summed E-state index contributed by atoms with van der Waals surface area (Å²) >= 11 is 5.93. The number of nitrogens with two attached hydrogens (primary N) is 1. The third-order valence-electron chi connectivity index (χ3n) is 3.28. The van der Waals surface area contributed by atoms with Gasteiger partial charge in [-0.15, -0.1) is 0 Å². The molecular weight excluding hydrogens is 276 g/mol. The van der Waals surface area contributed by atoms with Gasteiger partial charge in [-0.05, 0) is 29.8 Å². The molecule has 20 heavy (non-hydrogen) atoms. The van der Waals surface area contributed by atoms with Gasteiger partial charge in [0.15, 0.2) is 0 Å². The van der Waals surface area contributed by atoms with Crippen LogP contribution in [0.1, 0.15) is 15.9 Å². The molecule has 0 radical (unpaired) electrons. The number of nitrogen functional groups attached to an aromatic ring is 1. The molecule has 4 nitrogen and oxygen atoms in total. The van der Waals surface area contributed by atoms with Gasteiger partial charge in [0.25, 0.3) is 5.91 Å². The van der Waals surface area contributed by atoms with Gasteiger partial charge in [-0.25, -0.2) is 4.90 Å². The number of fused-ring (bicyclic) bond motifs is 1. The van der Waals surface area contributed by atoms with Crippen LogP contribution in [0.2, 0.25) is 5.02 Å². The van der Waals surface area contributed by atoms with E-state index in [9.17, 15) is 9.59 Å². The maximum Gasteiger partial charge on any atom is 0.265 e. The summed E-state index contributed by atoms with van der Waals surface area (Å²) in [6.07, 6.45) is 0.174. The molecule has 0 atom stereocenters. The van der Waals surface area contributed by atoms with Gasteiger partial charge in [0.1, 0.15) is 0 Å². The largest absolute Gasteiger partial charge is 0.397 e. The highest BCUT2D eigenvalue weighted by molar-refractivity contribution is 6.32. The number of imide groups is 1. The number of benzene rings is 2. The number of hydrogen-bond acceptors (Lipinski definition) is 3. The van der Waals surface area contributed by atoms with E-state index >= 15 is 0 Å². The molecule has 0 aliphatic carbocycles. The first-order valence-electron chi connectivity index (χ1n) is 6.08. The molecule has 2 N–H and O–H groups in total. The van der Waals surface area contributed by atoms with Crippen LogP contribution in [0, 0.1) is 0 Å². The Balaban J connectivity index is 2.14. The van der Waals surface area contributed by atoms with Crippen LogP contribution in [0.4, 0.5) is 11.4 Å².